The number of nitrogens with zero attached hydrogens (tertiary/aromatic N) is 1. The van der Waals surface area contributed by atoms with Crippen molar-refractivity contribution >= 4 is 18.1 Å². The molecular weight excluding hydrogens is 444 g/mol. The molecule has 0 atom stereocenters. The molecule has 0 spiro atoms. The van der Waals surface area contributed by atoms with Crippen molar-refractivity contribution in [1.82, 2.24) is 5.43 Å². The summed E-state index contributed by atoms with van der Waals surface area (Å²) in [5.41, 5.74) is 5.17. The third kappa shape index (κ3) is 6.69. The van der Waals surface area contributed by atoms with Crippen LogP contribution >= 0.6 is 0 Å². The summed E-state index contributed by atoms with van der Waals surface area (Å²) < 4.78 is 16.4. The van der Waals surface area contributed by atoms with Crippen LogP contribution in [0.3, 0.4) is 0 Å². The zero-order valence-corrected chi connectivity index (χ0v) is 20.6. The van der Waals surface area contributed by atoms with Gasteiger partial charge in [-0.25, -0.2) is 10.2 Å². The van der Waals surface area contributed by atoms with Gasteiger partial charge in [-0.1, -0.05) is 45.0 Å². The number of para-hydroxylation sites is 1. The Bertz CT molecular complexity index is 1210. The fraction of sp³-hybridized carbons (Fsp3) is 0.250. The minimum atomic E-state index is -0.561. The molecule has 0 aromatic heterocycles. The predicted octanol–water partition coefficient (Wildman–Crippen LogP) is 5.37. The lowest BCUT2D eigenvalue weighted by Crippen LogP contribution is -2.18. The molecule has 7 heteroatoms. The van der Waals surface area contributed by atoms with E-state index in [0.29, 0.717) is 34.8 Å². The molecule has 0 aliphatic carbocycles. The molecular formula is C28H30N2O5. The summed E-state index contributed by atoms with van der Waals surface area (Å²) >= 11 is 0. The van der Waals surface area contributed by atoms with Crippen LogP contribution in [0, 0.1) is 0 Å². The summed E-state index contributed by atoms with van der Waals surface area (Å²) in [5.74, 6) is 0.193. The van der Waals surface area contributed by atoms with Crippen molar-refractivity contribution in [2.75, 3.05) is 13.7 Å². The number of carbonyl (C=O) groups is 2. The van der Waals surface area contributed by atoms with E-state index in [2.05, 4.69) is 31.3 Å². The number of ether oxygens (including phenoxy) is 3. The average molecular weight is 475 g/mol. The molecule has 1 amide bonds. The number of rotatable bonds is 8. The predicted molar refractivity (Wildman–Crippen MR) is 136 cm³/mol. The summed E-state index contributed by atoms with van der Waals surface area (Å²) in [7, 11) is 1.49. The maximum atomic E-state index is 12.7. The van der Waals surface area contributed by atoms with Gasteiger partial charge in [-0.05, 0) is 65.9 Å². The Morgan fingerprint density at radius 3 is 2.31 bits per heavy atom. The number of hydrazone groups is 1. The van der Waals surface area contributed by atoms with Gasteiger partial charge < -0.3 is 14.2 Å². The molecule has 7 nitrogen and oxygen atoms in total. The zero-order chi connectivity index (χ0) is 25.4. The van der Waals surface area contributed by atoms with E-state index < -0.39 is 5.97 Å². The Morgan fingerprint density at radius 1 is 0.943 bits per heavy atom. The van der Waals surface area contributed by atoms with Crippen molar-refractivity contribution in [3.05, 3.63) is 89.0 Å². The molecule has 1 N–H and O–H groups in total. The Morgan fingerprint density at radius 2 is 1.66 bits per heavy atom. The van der Waals surface area contributed by atoms with Crippen LogP contribution < -0.4 is 19.6 Å². The average Bonchev–Trinajstić information content (AvgIpc) is 2.85. The van der Waals surface area contributed by atoms with Gasteiger partial charge in [0.2, 0.25) is 0 Å². The standard InChI is InChI=1S/C28H30N2O5/c1-6-34-25-17-19(11-16-24(25)35-27(32)22-9-7-8-10-23(22)33-5)18-29-30-26(31)20-12-14-21(15-13-20)28(2,3)4/h7-18H,6H2,1-5H3,(H,30,31)/b29-18+. The van der Waals surface area contributed by atoms with Crippen molar-refractivity contribution in [1.29, 1.82) is 0 Å². The number of hydrogen-bond acceptors (Lipinski definition) is 6. The first-order valence-electron chi connectivity index (χ1n) is 11.3. The molecule has 0 fully saturated rings. The molecule has 35 heavy (non-hydrogen) atoms. The smallest absolute Gasteiger partial charge is 0.347 e. The first kappa shape index (κ1) is 25.5. The van der Waals surface area contributed by atoms with Crippen LogP contribution in [0.1, 0.15) is 59.5 Å². The lowest BCUT2D eigenvalue weighted by atomic mass is 9.87. The van der Waals surface area contributed by atoms with Crippen LogP contribution in [0.25, 0.3) is 0 Å². The molecule has 182 valence electrons. The van der Waals surface area contributed by atoms with Gasteiger partial charge in [-0.2, -0.15) is 5.10 Å². The lowest BCUT2D eigenvalue weighted by molar-refractivity contribution is 0.0724. The van der Waals surface area contributed by atoms with Crippen LogP contribution in [0.4, 0.5) is 0 Å². The second-order valence-corrected chi connectivity index (χ2v) is 8.76. The summed E-state index contributed by atoms with van der Waals surface area (Å²) in [6, 6.07) is 19.3. The third-order valence-corrected chi connectivity index (χ3v) is 5.19. The molecule has 3 aromatic carbocycles. The van der Waals surface area contributed by atoms with Crippen molar-refractivity contribution in [2.45, 2.75) is 33.1 Å². The number of benzene rings is 3. The van der Waals surface area contributed by atoms with Crippen LogP contribution in [0.2, 0.25) is 0 Å². The van der Waals surface area contributed by atoms with Gasteiger partial charge >= 0.3 is 5.97 Å². The zero-order valence-electron chi connectivity index (χ0n) is 20.6. The molecule has 0 bridgehead atoms. The topological polar surface area (TPSA) is 86.2 Å². The van der Waals surface area contributed by atoms with E-state index in [1.165, 1.54) is 13.3 Å². The first-order chi connectivity index (χ1) is 16.7. The van der Waals surface area contributed by atoms with E-state index in [9.17, 15) is 9.59 Å². The van der Waals surface area contributed by atoms with E-state index in [-0.39, 0.29) is 17.1 Å². The number of amides is 1. The normalized spacial score (nSPS) is 11.2. The molecule has 0 aliphatic rings. The van der Waals surface area contributed by atoms with Crippen LogP contribution in [0.15, 0.2) is 71.8 Å². The van der Waals surface area contributed by atoms with Gasteiger partial charge in [0.25, 0.3) is 5.91 Å². The summed E-state index contributed by atoms with van der Waals surface area (Å²) in [6.45, 7) is 8.56. The fourth-order valence-corrected chi connectivity index (χ4v) is 3.28. The molecule has 0 aliphatic heterocycles. The summed E-state index contributed by atoms with van der Waals surface area (Å²) in [6.07, 6.45) is 1.50. The fourth-order valence-electron chi connectivity index (χ4n) is 3.28. The highest BCUT2D eigenvalue weighted by Gasteiger charge is 2.17. The molecule has 0 saturated carbocycles. The Balaban J connectivity index is 1.70. The Hall–Kier alpha value is -4.13. The maximum absolute atomic E-state index is 12.7. The van der Waals surface area contributed by atoms with E-state index >= 15 is 0 Å². The van der Waals surface area contributed by atoms with Gasteiger partial charge in [0, 0.05) is 5.56 Å². The highest BCUT2D eigenvalue weighted by atomic mass is 16.6. The number of esters is 1. The SMILES string of the molecule is CCOc1cc(/C=N/NC(=O)c2ccc(C(C)(C)C)cc2)ccc1OC(=O)c1ccccc1OC. The molecule has 0 heterocycles. The monoisotopic (exact) mass is 474 g/mol. The minimum absolute atomic E-state index is 0.0130. The van der Waals surface area contributed by atoms with Gasteiger partial charge in [0.15, 0.2) is 11.5 Å². The summed E-state index contributed by atoms with van der Waals surface area (Å²) in [4.78, 5) is 25.1. The van der Waals surface area contributed by atoms with E-state index in [0.717, 1.165) is 5.56 Å². The van der Waals surface area contributed by atoms with E-state index in [1.807, 2.05) is 19.1 Å². The molecule has 3 aromatic rings. The van der Waals surface area contributed by atoms with Crippen molar-refractivity contribution in [3.8, 4) is 17.2 Å². The van der Waals surface area contributed by atoms with Gasteiger partial charge in [0.1, 0.15) is 11.3 Å². The second-order valence-electron chi connectivity index (χ2n) is 8.76. The number of nitrogens with one attached hydrogen (secondary N) is 1. The van der Waals surface area contributed by atoms with E-state index in [1.54, 1.807) is 54.6 Å². The highest BCUT2D eigenvalue weighted by Crippen LogP contribution is 2.30. The number of methoxy groups -OCH3 is 1. The Labute approximate surface area is 205 Å². The molecule has 3 rings (SSSR count). The van der Waals surface area contributed by atoms with Gasteiger partial charge in [-0.15, -0.1) is 0 Å². The minimum Gasteiger partial charge on any atom is -0.496 e. The van der Waals surface area contributed by atoms with Crippen molar-refractivity contribution < 1.29 is 23.8 Å². The molecule has 0 radical (unpaired) electrons. The second kappa shape index (κ2) is 11.3. The largest absolute Gasteiger partial charge is 0.496 e. The van der Waals surface area contributed by atoms with Crippen LogP contribution in [0.5, 0.6) is 17.2 Å². The summed E-state index contributed by atoms with van der Waals surface area (Å²) in [5, 5.41) is 4.05. The van der Waals surface area contributed by atoms with Crippen molar-refractivity contribution in [3.63, 3.8) is 0 Å². The van der Waals surface area contributed by atoms with Gasteiger partial charge in [0.05, 0.1) is 19.9 Å². The van der Waals surface area contributed by atoms with E-state index in [4.69, 9.17) is 14.2 Å². The lowest BCUT2D eigenvalue weighted by Gasteiger charge is -2.18. The van der Waals surface area contributed by atoms with Crippen LogP contribution in [-0.4, -0.2) is 31.8 Å². The molecule has 0 unspecified atom stereocenters. The number of hydrogen-bond donors (Lipinski definition) is 1. The number of carbonyl (C=O) groups excluding carboxylic acids is 2. The quantitative estimate of drug-likeness (QED) is 0.205. The highest BCUT2D eigenvalue weighted by molar-refractivity contribution is 5.95. The van der Waals surface area contributed by atoms with Gasteiger partial charge in [-0.3, -0.25) is 4.79 Å². The van der Waals surface area contributed by atoms with Crippen molar-refractivity contribution in [2.24, 2.45) is 5.10 Å². The van der Waals surface area contributed by atoms with Crippen LogP contribution in [-0.2, 0) is 5.41 Å². The third-order valence-electron chi connectivity index (χ3n) is 5.19. The first-order valence-corrected chi connectivity index (χ1v) is 11.3. The maximum Gasteiger partial charge on any atom is 0.347 e. The molecule has 0 saturated heterocycles. The Kier molecular flexibility index (Phi) is 8.25.